The highest BCUT2D eigenvalue weighted by atomic mass is 16.6. The summed E-state index contributed by atoms with van der Waals surface area (Å²) >= 11 is 0. The standard InChI is InChI=1S/C71H114O6/c1-4-7-10-13-16-19-22-25-28-31-34-35-38-40-43-46-49-52-55-58-61-64-70(73)76-67-68(77-71(74)65-62-59-56-53-50-47-44-41-37-33-30-27-24-21-18-15-12-9-6-3)66-75-69(72)63-60-57-54-51-48-45-42-39-36-32-29-26-23-20-17-14-11-8-5-2/h7,9-10,12,16-21,25-30,34-35,37,40-41,43,47,50,68H,4-6,8,11,13-15,22-24,31-33,36,38-39,42,44-46,48-49,51-67H2,1-3H3/b10-7-,12-9-,19-16-,20-17-,21-18-,28-25-,29-26-,30-27-,35-34-,41-37-,43-40-,50-47-. The molecule has 0 aliphatic carbocycles. The van der Waals surface area contributed by atoms with Crippen LogP contribution in [-0.2, 0) is 28.6 Å². The van der Waals surface area contributed by atoms with Crippen molar-refractivity contribution >= 4 is 17.9 Å². The second kappa shape index (κ2) is 63.8. The minimum Gasteiger partial charge on any atom is -0.462 e. The van der Waals surface area contributed by atoms with Gasteiger partial charge in [0.05, 0.1) is 0 Å². The van der Waals surface area contributed by atoms with Crippen LogP contribution >= 0.6 is 0 Å². The first-order valence-electron chi connectivity index (χ1n) is 31.3. The molecule has 0 aromatic heterocycles. The maximum atomic E-state index is 12.9. The first kappa shape index (κ1) is 72.3. The summed E-state index contributed by atoms with van der Waals surface area (Å²) in [4.78, 5) is 38.3. The molecule has 1 unspecified atom stereocenters. The van der Waals surface area contributed by atoms with Gasteiger partial charge in [-0.3, -0.25) is 14.4 Å². The summed E-state index contributed by atoms with van der Waals surface area (Å²) in [6.07, 6.45) is 91.2. The van der Waals surface area contributed by atoms with Gasteiger partial charge in [0.1, 0.15) is 13.2 Å². The molecule has 0 aliphatic rings. The van der Waals surface area contributed by atoms with Crippen molar-refractivity contribution in [3.63, 3.8) is 0 Å². The minimum absolute atomic E-state index is 0.105. The van der Waals surface area contributed by atoms with Gasteiger partial charge in [-0.1, -0.05) is 250 Å². The van der Waals surface area contributed by atoms with E-state index in [2.05, 4.69) is 167 Å². The average Bonchev–Trinajstić information content (AvgIpc) is 3.43. The predicted octanol–water partition coefficient (Wildman–Crippen LogP) is 21.5. The normalized spacial score (nSPS) is 13.1. The van der Waals surface area contributed by atoms with E-state index in [1.807, 2.05) is 0 Å². The number of allylic oxidation sites excluding steroid dienone is 24. The molecule has 0 fully saturated rings. The van der Waals surface area contributed by atoms with Crippen LogP contribution in [-0.4, -0.2) is 37.2 Å². The Labute approximate surface area is 474 Å². The fraction of sp³-hybridized carbons (Fsp3) is 0.620. The number of hydrogen-bond donors (Lipinski definition) is 0. The Morgan fingerprint density at radius 1 is 0.273 bits per heavy atom. The van der Waals surface area contributed by atoms with Crippen LogP contribution in [0.5, 0.6) is 0 Å². The molecule has 0 radical (unpaired) electrons. The van der Waals surface area contributed by atoms with E-state index >= 15 is 0 Å². The molecule has 0 heterocycles. The molecular formula is C71H114O6. The number of rotatable bonds is 55. The van der Waals surface area contributed by atoms with Gasteiger partial charge in [0.15, 0.2) is 6.10 Å². The lowest BCUT2D eigenvalue weighted by molar-refractivity contribution is -0.167. The zero-order valence-electron chi connectivity index (χ0n) is 49.7. The van der Waals surface area contributed by atoms with Crippen LogP contribution in [0.3, 0.4) is 0 Å². The largest absolute Gasteiger partial charge is 0.462 e. The van der Waals surface area contributed by atoms with Crippen molar-refractivity contribution in [2.75, 3.05) is 13.2 Å². The summed E-state index contributed by atoms with van der Waals surface area (Å²) in [5, 5.41) is 0. The molecule has 0 bridgehead atoms. The van der Waals surface area contributed by atoms with Crippen LogP contribution in [0.4, 0.5) is 0 Å². The van der Waals surface area contributed by atoms with E-state index in [0.717, 1.165) is 148 Å². The third-order valence-electron chi connectivity index (χ3n) is 12.8. The summed E-state index contributed by atoms with van der Waals surface area (Å²) in [5.74, 6) is -0.962. The molecule has 6 nitrogen and oxygen atoms in total. The van der Waals surface area contributed by atoms with E-state index < -0.39 is 6.10 Å². The van der Waals surface area contributed by atoms with Gasteiger partial charge in [-0.05, 0) is 141 Å². The van der Waals surface area contributed by atoms with Crippen molar-refractivity contribution in [3.8, 4) is 0 Å². The van der Waals surface area contributed by atoms with Crippen LogP contribution in [0.25, 0.3) is 0 Å². The number of unbranched alkanes of at least 4 members (excludes halogenated alkanes) is 20. The van der Waals surface area contributed by atoms with E-state index in [-0.39, 0.29) is 37.5 Å². The highest BCUT2D eigenvalue weighted by Gasteiger charge is 2.19. The Kier molecular flexibility index (Phi) is 59.9. The van der Waals surface area contributed by atoms with Crippen LogP contribution in [0.15, 0.2) is 146 Å². The van der Waals surface area contributed by atoms with Crippen LogP contribution in [0, 0.1) is 0 Å². The minimum atomic E-state index is -0.814. The highest BCUT2D eigenvalue weighted by molar-refractivity contribution is 5.71. The molecule has 0 aromatic rings. The summed E-state index contributed by atoms with van der Waals surface area (Å²) in [6.45, 7) is 6.34. The van der Waals surface area contributed by atoms with Crippen molar-refractivity contribution in [2.24, 2.45) is 0 Å². The molecule has 434 valence electrons. The molecule has 77 heavy (non-hydrogen) atoms. The van der Waals surface area contributed by atoms with Gasteiger partial charge < -0.3 is 14.2 Å². The molecule has 0 saturated heterocycles. The Balaban J connectivity index is 4.52. The zero-order valence-corrected chi connectivity index (χ0v) is 49.7. The van der Waals surface area contributed by atoms with E-state index in [4.69, 9.17) is 14.2 Å². The molecule has 0 rings (SSSR count). The lowest BCUT2D eigenvalue weighted by Crippen LogP contribution is -2.30. The highest BCUT2D eigenvalue weighted by Crippen LogP contribution is 2.14. The molecular weight excluding hydrogens is 949 g/mol. The number of esters is 3. The molecule has 0 N–H and O–H groups in total. The lowest BCUT2D eigenvalue weighted by atomic mass is 10.1. The van der Waals surface area contributed by atoms with Crippen molar-refractivity contribution in [1.29, 1.82) is 0 Å². The lowest BCUT2D eigenvalue weighted by Gasteiger charge is -2.18. The van der Waals surface area contributed by atoms with Gasteiger partial charge in [-0.2, -0.15) is 0 Å². The van der Waals surface area contributed by atoms with Crippen molar-refractivity contribution < 1.29 is 28.6 Å². The summed E-state index contributed by atoms with van der Waals surface area (Å²) in [5.41, 5.74) is 0. The Morgan fingerprint density at radius 3 is 0.805 bits per heavy atom. The molecule has 0 aromatic carbocycles. The molecule has 6 heteroatoms. The molecule has 0 spiro atoms. The van der Waals surface area contributed by atoms with Gasteiger partial charge in [0, 0.05) is 19.3 Å². The van der Waals surface area contributed by atoms with E-state index in [0.29, 0.717) is 19.3 Å². The fourth-order valence-electron chi connectivity index (χ4n) is 8.17. The van der Waals surface area contributed by atoms with E-state index in [9.17, 15) is 14.4 Å². The monoisotopic (exact) mass is 1060 g/mol. The molecule has 1 atom stereocenters. The van der Waals surface area contributed by atoms with Gasteiger partial charge in [0.2, 0.25) is 0 Å². The molecule has 0 aliphatic heterocycles. The summed E-state index contributed by atoms with van der Waals surface area (Å²) < 4.78 is 16.9. The smallest absolute Gasteiger partial charge is 0.306 e. The first-order valence-corrected chi connectivity index (χ1v) is 31.3. The number of hydrogen-bond acceptors (Lipinski definition) is 6. The third kappa shape index (κ3) is 62.0. The van der Waals surface area contributed by atoms with Gasteiger partial charge in [-0.25, -0.2) is 0 Å². The molecule has 0 saturated carbocycles. The van der Waals surface area contributed by atoms with Gasteiger partial charge in [-0.15, -0.1) is 0 Å². The van der Waals surface area contributed by atoms with E-state index in [1.165, 1.54) is 70.6 Å². The number of ether oxygens (including phenoxy) is 3. The van der Waals surface area contributed by atoms with Crippen molar-refractivity contribution in [3.05, 3.63) is 146 Å². The predicted molar refractivity (Wildman–Crippen MR) is 334 cm³/mol. The maximum absolute atomic E-state index is 12.9. The SMILES string of the molecule is CC/C=C\C/C=C\C/C=C\C/C=C\C/C=C\CCCCCCCC(=O)OCC(COC(=O)CCCCCCCCCCC/C=C\C/C=C\CCCCC)OC(=O)CCCCC/C=C\C/C=C\C/C=C\C/C=C\C/C=C\CC. The summed E-state index contributed by atoms with van der Waals surface area (Å²) in [6, 6.07) is 0. The van der Waals surface area contributed by atoms with Crippen LogP contribution < -0.4 is 0 Å². The number of carbonyl (C=O) groups excluding carboxylic acids is 3. The fourth-order valence-corrected chi connectivity index (χ4v) is 8.17. The van der Waals surface area contributed by atoms with Gasteiger partial charge >= 0.3 is 17.9 Å². The Morgan fingerprint density at radius 2 is 0.506 bits per heavy atom. The number of carbonyl (C=O) groups is 3. The maximum Gasteiger partial charge on any atom is 0.306 e. The Hall–Kier alpha value is -4.71. The quantitative estimate of drug-likeness (QED) is 0.0261. The van der Waals surface area contributed by atoms with Crippen LogP contribution in [0.2, 0.25) is 0 Å². The Bertz CT molecular complexity index is 1700. The average molecular weight is 1060 g/mol. The van der Waals surface area contributed by atoms with Crippen molar-refractivity contribution in [1.82, 2.24) is 0 Å². The first-order chi connectivity index (χ1) is 38.0. The second-order valence-corrected chi connectivity index (χ2v) is 20.2. The summed E-state index contributed by atoms with van der Waals surface area (Å²) in [7, 11) is 0. The zero-order chi connectivity index (χ0) is 55.7. The van der Waals surface area contributed by atoms with E-state index in [1.54, 1.807) is 0 Å². The van der Waals surface area contributed by atoms with Gasteiger partial charge in [0.25, 0.3) is 0 Å². The van der Waals surface area contributed by atoms with Crippen molar-refractivity contribution in [2.45, 2.75) is 271 Å². The molecule has 0 amide bonds. The third-order valence-corrected chi connectivity index (χ3v) is 12.8. The topological polar surface area (TPSA) is 78.9 Å². The second-order valence-electron chi connectivity index (χ2n) is 20.2. The van der Waals surface area contributed by atoms with Crippen LogP contribution in [0.1, 0.15) is 265 Å².